The second-order valence-corrected chi connectivity index (χ2v) is 6.86. The molecule has 2 amide bonds. The summed E-state index contributed by atoms with van der Waals surface area (Å²) < 4.78 is 1.41. The summed E-state index contributed by atoms with van der Waals surface area (Å²) in [4.78, 5) is 32.2. The minimum absolute atomic E-state index is 0.0357. The van der Waals surface area contributed by atoms with Crippen molar-refractivity contribution in [2.24, 2.45) is 0 Å². The minimum Gasteiger partial charge on any atom is -0.367 e. The average molecular weight is 360 g/mol. The molecule has 0 saturated carbocycles. The van der Waals surface area contributed by atoms with E-state index in [0.29, 0.717) is 18.8 Å². The molecule has 1 unspecified atom stereocenters. The molecule has 1 aliphatic rings. The van der Waals surface area contributed by atoms with Crippen LogP contribution < -0.4 is 5.73 Å². The van der Waals surface area contributed by atoms with Crippen LogP contribution in [0.25, 0.3) is 0 Å². The van der Waals surface area contributed by atoms with E-state index in [9.17, 15) is 9.59 Å². The molecule has 140 valence electrons. The van der Waals surface area contributed by atoms with Crippen molar-refractivity contribution >= 4 is 17.8 Å². The summed E-state index contributed by atoms with van der Waals surface area (Å²) in [5.41, 5.74) is 6.79. The third kappa shape index (κ3) is 3.68. The molecule has 3 heterocycles. The molecule has 3 N–H and O–H groups in total. The number of amides is 2. The van der Waals surface area contributed by atoms with Gasteiger partial charge in [-0.25, -0.2) is 9.67 Å². The van der Waals surface area contributed by atoms with Crippen molar-refractivity contribution in [3.8, 4) is 0 Å². The fourth-order valence-electron chi connectivity index (χ4n) is 3.00. The first kappa shape index (κ1) is 17.9. The van der Waals surface area contributed by atoms with Gasteiger partial charge >= 0.3 is 0 Å². The van der Waals surface area contributed by atoms with Gasteiger partial charge in [0.25, 0.3) is 5.91 Å². The molecule has 2 aromatic heterocycles. The highest BCUT2D eigenvalue weighted by Crippen LogP contribution is 2.18. The maximum Gasteiger partial charge on any atom is 0.274 e. The van der Waals surface area contributed by atoms with Gasteiger partial charge in [-0.05, 0) is 18.4 Å². The van der Waals surface area contributed by atoms with Crippen LogP contribution in [0.5, 0.6) is 0 Å². The summed E-state index contributed by atoms with van der Waals surface area (Å²) in [6.07, 6.45) is 2.16. The Bertz CT molecular complexity index is 796. The van der Waals surface area contributed by atoms with Crippen LogP contribution in [0, 0.1) is 0 Å². The van der Waals surface area contributed by atoms with E-state index in [2.05, 4.69) is 20.3 Å². The highest BCUT2D eigenvalue weighted by molar-refractivity contribution is 5.92. The van der Waals surface area contributed by atoms with E-state index in [1.165, 1.54) is 11.0 Å². The van der Waals surface area contributed by atoms with Crippen molar-refractivity contribution in [1.82, 2.24) is 34.8 Å². The number of hydrogen-bond donors (Lipinski definition) is 2. The Kier molecular flexibility index (Phi) is 4.92. The van der Waals surface area contributed by atoms with Crippen LogP contribution in [-0.4, -0.2) is 72.8 Å². The van der Waals surface area contributed by atoms with Crippen LogP contribution in [0.4, 0.5) is 5.95 Å². The van der Waals surface area contributed by atoms with Crippen LogP contribution in [0.3, 0.4) is 0 Å². The van der Waals surface area contributed by atoms with Gasteiger partial charge in [-0.1, -0.05) is 13.8 Å². The number of nitrogen functional groups attached to an aromatic ring is 1. The number of likely N-dealkylation sites (N-methyl/N-ethyl adjacent to an activating group) is 1. The summed E-state index contributed by atoms with van der Waals surface area (Å²) in [6.45, 7) is 5.25. The van der Waals surface area contributed by atoms with Gasteiger partial charge in [0.1, 0.15) is 18.6 Å². The van der Waals surface area contributed by atoms with Crippen LogP contribution in [0.1, 0.15) is 42.4 Å². The summed E-state index contributed by atoms with van der Waals surface area (Å²) in [6, 6.07) is 1.75. The average Bonchev–Trinajstić information content (AvgIpc) is 3.33. The quantitative estimate of drug-likeness (QED) is 0.778. The smallest absolute Gasteiger partial charge is 0.274 e. The van der Waals surface area contributed by atoms with Crippen LogP contribution in [0.2, 0.25) is 0 Å². The van der Waals surface area contributed by atoms with Crippen molar-refractivity contribution in [2.75, 3.05) is 25.9 Å². The Balaban J connectivity index is 1.58. The maximum atomic E-state index is 12.6. The summed E-state index contributed by atoms with van der Waals surface area (Å²) in [7, 11) is 1.75. The number of hydrogen-bond acceptors (Lipinski definition) is 6. The highest BCUT2D eigenvalue weighted by atomic mass is 16.2. The zero-order chi connectivity index (χ0) is 18.8. The summed E-state index contributed by atoms with van der Waals surface area (Å²) in [5.74, 6) is 0.207. The molecule has 10 nitrogen and oxygen atoms in total. The molecule has 0 spiro atoms. The van der Waals surface area contributed by atoms with Gasteiger partial charge in [0.15, 0.2) is 0 Å². The van der Waals surface area contributed by atoms with Gasteiger partial charge in [-0.3, -0.25) is 14.7 Å². The lowest BCUT2D eigenvalue weighted by atomic mass is 10.1. The Hall–Kier alpha value is -2.91. The zero-order valence-corrected chi connectivity index (χ0v) is 15.2. The molecule has 3 rings (SSSR count). The van der Waals surface area contributed by atoms with Crippen molar-refractivity contribution in [1.29, 1.82) is 0 Å². The number of aromatic amines is 1. The molecule has 26 heavy (non-hydrogen) atoms. The number of H-pyrrole nitrogens is 1. The summed E-state index contributed by atoms with van der Waals surface area (Å²) >= 11 is 0. The van der Waals surface area contributed by atoms with Gasteiger partial charge < -0.3 is 15.5 Å². The SMILES string of the molecule is CC(C)c1cc(C(=O)N(C)C2CCN(C(=O)Cn3cnc(N)n3)C2)n[nH]1. The van der Waals surface area contributed by atoms with Crippen molar-refractivity contribution in [3.63, 3.8) is 0 Å². The second-order valence-electron chi connectivity index (χ2n) is 6.86. The molecule has 1 aliphatic heterocycles. The van der Waals surface area contributed by atoms with E-state index >= 15 is 0 Å². The molecule has 1 fully saturated rings. The van der Waals surface area contributed by atoms with Crippen molar-refractivity contribution in [2.45, 2.75) is 38.8 Å². The van der Waals surface area contributed by atoms with E-state index in [1.54, 1.807) is 22.9 Å². The molecular weight excluding hydrogens is 336 g/mol. The van der Waals surface area contributed by atoms with E-state index in [0.717, 1.165) is 12.1 Å². The first-order valence-electron chi connectivity index (χ1n) is 8.60. The van der Waals surface area contributed by atoms with E-state index < -0.39 is 0 Å². The van der Waals surface area contributed by atoms with Crippen LogP contribution in [0.15, 0.2) is 12.4 Å². The first-order chi connectivity index (χ1) is 12.3. The van der Waals surface area contributed by atoms with Gasteiger partial charge in [0.2, 0.25) is 11.9 Å². The lowest BCUT2D eigenvalue weighted by Crippen LogP contribution is -2.40. The number of rotatable bonds is 5. The summed E-state index contributed by atoms with van der Waals surface area (Å²) in [5, 5.41) is 10.9. The topological polar surface area (TPSA) is 126 Å². The molecule has 1 atom stereocenters. The monoisotopic (exact) mass is 360 g/mol. The predicted molar refractivity (Wildman–Crippen MR) is 94.2 cm³/mol. The predicted octanol–water partition coefficient (Wildman–Crippen LogP) is 0.0799. The lowest BCUT2D eigenvalue weighted by Gasteiger charge is -2.24. The van der Waals surface area contributed by atoms with Crippen LogP contribution >= 0.6 is 0 Å². The Morgan fingerprint density at radius 1 is 1.46 bits per heavy atom. The number of nitrogens with two attached hydrogens (primary N) is 1. The van der Waals surface area contributed by atoms with E-state index in [4.69, 9.17) is 5.73 Å². The molecular formula is C16H24N8O2. The van der Waals surface area contributed by atoms with Gasteiger partial charge in [0.05, 0.1) is 6.04 Å². The number of aromatic nitrogens is 5. The molecule has 0 aromatic carbocycles. The number of likely N-dealkylation sites (tertiary alicyclic amines) is 1. The lowest BCUT2D eigenvalue weighted by molar-refractivity contribution is -0.131. The highest BCUT2D eigenvalue weighted by Gasteiger charge is 2.32. The van der Waals surface area contributed by atoms with Crippen molar-refractivity contribution < 1.29 is 9.59 Å². The maximum absolute atomic E-state index is 12.6. The molecule has 2 aromatic rings. The largest absolute Gasteiger partial charge is 0.367 e. The number of nitrogens with zero attached hydrogens (tertiary/aromatic N) is 6. The fraction of sp³-hybridized carbons (Fsp3) is 0.562. The Morgan fingerprint density at radius 2 is 2.23 bits per heavy atom. The normalized spacial score (nSPS) is 17.1. The number of carbonyl (C=O) groups excluding carboxylic acids is 2. The Labute approximate surface area is 151 Å². The van der Waals surface area contributed by atoms with Crippen LogP contribution in [-0.2, 0) is 11.3 Å². The third-order valence-corrected chi connectivity index (χ3v) is 4.67. The minimum atomic E-state index is -0.142. The zero-order valence-electron chi connectivity index (χ0n) is 15.2. The second kappa shape index (κ2) is 7.14. The standard InChI is InChI=1S/C16H24N8O2/c1-10(2)12-6-13(20-19-12)15(26)22(3)11-4-5-23(7-11)14(25)8-24-9-18-16(17)21-24/h6,9-11H,4-5,7-8H2,1-3H3,(H2,17,21)(H,19,20). The Morgan fingerprint density at radius 3 is 2.85 bits per heavy atom. The van der Waals surface area contributed by atoms with Gasteiger partial charge in [0, 0.05) is 25.8 Å². The fourth-order valence-corrected chi connectivity index (χ4v) is 3.00. The molecule has 1 saturated heterocycles. The van der Waals surface area contributed by atoms with Gasteiger partial charge in [-0.2, -0.15) is 5.10 Å². The van der Waals surface area contributed by atoms with Crippen molar-refractivity contribution in [3.05, 3.63) is 23.8 Å². The number of nitrogens with one attached hydrogen (secondary N) is 1. The van der Waals surface area contributed by atoms with E-state index in [1.807, 2.05) is 13.8 Å². The number of anilines is 1. The molecule has 0 radical (unpaired) electrons. The first-order valence-corrected chi connectivity index (χ1v) is 8.60. The van der Waals surface area contributed by atoms with Gasteiger partial charge in [-0.15, -0.1) is 5.10 Å². The number of carbonyl (C=O) groups is 2. The molecule has 0 bridgehead atoms. The molecule has 0 aliphatic carbocycles. The van der Waals surface area contributed by atoms with E-state index in [-0.39, 0.29) is 36.3 Å². The third-order valence-electron chi connectivity index (χ3n) is 4.67. The molecule has 10 heteroatoms.